The monoisotopic (exact) mass is 274 g/mol. The molecule has 4 heteroatoms. The van der Waals surface area contributed by atoms with Gasteiger partial charge in [0.25, 0.3) is 0 Å². The summed E-state index contributed by atoms with van der Waals surface area (Å²) in [7, 11) is 0. The first-order valence-electron chi connectivity index (χ1n) is 4.99. The Labute approximate surface area is 97.5 Å². The van der Waals surface area contributed by atoms with Gasteiger partial charge in [-0.05, 0) is 26.7 Å². The number of alkyl halides is 1. The SMILES string of the molecule is Cc1nc(N2CCCC2CBr)sc1C. The van der Waals surface area contributed by atoms with Crippen LogP contribution < -0.4 is 4.90 Å². The quantitative estimate of drug-likeness (QED) is 0.771. The van der Waals surface area contributed by atoms with Crippen molar-refractivity contribution < 1.29 is 0 Å². The summed E-state index contributed by atoms with van der Waals surface area (Å²) in [4.78, 5) is 8.41. The summed E-state index contributed by atoms with van der Waals surface area (Å²) in [6.45, 7) is 5.41. The molecule has 0 spiro atoms. The van der Waals surface area contributed by atoms with Crippen molar-refractivity contribution in [2.24, 2.45) is 0 Å². The lowest BCUT2D eigenvalue weighted by Crippen LogP contribution is -2.30. The van der Waals surface area contributed by atoms with Gasteiger partial charge < -0.3 is 4.90 Å². The molecule has 2 heterocycles. The second kappa shape index (κ2) is 4.19. The molecular weight excluding hydrogens is 260 g/mol. The van der Waals surface area contributed by atoms with E-state index in [1.807, 2.05) is 11.3 Å². The lowest BCUT2D eigenvalue weighted by molar-refractivity contribution is 0.747. The number of thiazole rings is 1. The van der Waals surface area contributed by atoms with Crippen molar-refractivity contribution in [1.29, 1.82) is 0 Å². The fourth-order valence-electron chi connectivity index (χ4n) is 1.83. The van der Waals surface area contributed by atoms with Crippen molar-refractivity contribution in [1.82, 2.24) is 4.98 Å². The van der Waals surface area contributed by atoms with Crippen molar-refractivity contribution in [3.8, 4) is 0 Å². The van der Waals surface area contributed by atoms with Crippen LogP contribution in [0, 0.1) is 13.8 Å². The van der Waals surface area contributed by atoms with Gasteiger partial charge in [-0.2, -0.15) is 0 Å². The third-order valence-electron chi connectivity index (χ3n) is 2.82. The second-order valence-corrected chi connectivity index (χ2v) is 5.61. The Balaban J connectivity index is 2.21. The number of aryl methyl sites for hydroxylation is 2. The van der Waals surface area contributed by atoms with Crippen LogP contribution in [0.4, 0.5) is 5.13 Å². The molecule has 0 aliphatic carbocycles. The lowest BCUT2D eigenvalue weighted by Gasteiger charge is -2.21. The van der Waals surface area contributed by atoms with Gasteiger partial charge in [0.05, 0.1) is 5.69 Å². The molecule has 1 atom stereocenters. The molecule has 1 aromatic rings. The highest BCUT2D eigenvalue weighted by molar-refractivity contribution is 9.09. The zero-order valence-electron chi connectivity index (χ0n) is 8.59. The maximum Gasteiger partial charge on any atom is 0.186 e. The van der Waals surface area contributed by atoms with E-state index in [0.717, 1.165) is 5.33 Å². The fourth-order valence-corrected chi connectivity index (χ4v) is 3.51. The third-order valence-corrected chi connectivity index (χ3v) is 4.68. The first-order valence-corrected chi connectivity index (χ1v) is 6.93. The van der Waals surface area contributed by atoms with E-state index < -0.39 is 0 Å². The van der Waals surface area contributed by atoms with Gasteiger partial charge in [0, 0.05) is 22.8 Å². The summed E-state index contributed by atoms with van der Waals surface area (Å²) in [6, 6.07) is 0.653. The van der Waals surface area contributed by atoms with Crippen LogP contribution in [0.3, 0.4) is 0 Å². The topological polar surface area (TPSA) is 16.1 Å². The van der Waals surface area contributed by atoms with Crippen LogP contribution in [-0.4, -0.2) is 22.9 Å². The smallest absolute Gasteiger partial charge is 0.186 e. The summed E-state index contributed by atoms with van der Waals surface area (Å²) in [5.41, 5.74) is 1.19. The molecule has 2 nitrogen and oxygen atoms in total. The number of hydrogen-bond acceptors (Lipinski definition) is 3. The van der Waals surface area contributed by atoms with Crippen molar-refractivity contribution in [3.05, 3.63) is 10.6 Å². The number of rotatable bonds is 2. The normalized spacial score (nSPS) is 21.9. The van der Waals surface area contributed by atoms with Crippen LogP contribution in [-0.2, 0) is 0 Å². The molecule has 0 radical (unpaired) electrons. The number of anilines is 1. The molecule has 0 saturated carbocycles. The predicted octanol–water partition coefficient (Wildman–Crippen LogP) is 3.12. The highest BCUT2D eigenvalue weighted by Crippen LogP contribution is 2.31. The Bertz CT molecular complexity index is 304. The minimum atomic E-state index is 0.653. The fraction of sp³-hybridized carbons (Fsp3) is 0.700. The highest BCUT2D eigenvalue weighted by atomic mass is 79.9. The van der Waals surface area contributed by atoms with Crippen molar-refractivity contribution in [2.75, 3.05) is 16.8 Å². The molecule has 1 aromatic heterocycles. The number of aromatic nitrogens is 1. The Kier molecular flexibility index (Phi) is 3.12. The number of hydrogen-bond donors (Lipinski definition) is 0. The van der Waals surface area contributed by atoms with E-state index in [2.05, 4.69) is 39.7 Å². The van der Waals surface area contributed by atoms with Crippen LogP contribution >= 0.6 is 27.3 Å². The van der Waals surface area contributed by atoms with E-state index in [0.29, 0.717) is 6.04 Å². The summed E-state index contributed by atoms with van der Waals surface area (Å²) >= 11 is 5.40. The van der Waals surface area contributed by atoms with Gasteiger partial charge in [0.15, 0.2) is 5.13 Å². The van der Waals surface area contributed by atoms with Gasteiger partial charge >= 0.3 is 0 Å². The molecule has 0 bridgehead atoms. The van der Waals surface area contributed by atoms with Gasteiger partial charge in [-0.1, -0.05) is 15.9 Å². The van der Waals surface area contributed by atoms with Gasteiger partial charge in [-0.25, -0.2) is 4.98 Å². The Morgan fingerprint density at radius 3 is 2.93 bits per heavy atom. The van der Waals surface area contributed by atoms with E-state index >= 15 is 0 Å². The summed E-state index contributed by atoms with van der Waals surface area (Å²) in [5, 5.41) is 2.27. The molecule has 1 fully saturated rings. The molecule has 1 saturated heterocycles. The zero-order chi connectivity index (χ0) is 10.1. The van der Waals surface area contributed by atoms with Gasteiger partial charge in [0.1, 0.15) is 0 Å². The molecule has 0 aromatic carbocycles. The minimum absolute atomic E-state index is 0.653. The number of halogens is 1. The Morgan fingerprint density at radius 2 is 2.36 bits per heavy atom. The minimum Gasteiger partial charge on any atom is -0.344 e. The standard InChI is InChI=1S/C10H15BrN2S/c1-7-8(2)14-10(12-7)13-5-3-4-9(13)6-11/h9H,3-6H2,1-2H3. The van der Waals surface area contributed by atoms with Crippen molar-refractivity contribution in [3.63, 3.8) is 0 Å². The average molecular weight is 275 g/mol. The molecule has 0 amide bonds. The van der Waals surface area contributed by atoms with Crippen LogP contribution in [0.1, 0.15) is 23.4 Å². The van der Waals surface area contributed by atoms with E-state index in [1.165, 1.54) is 35.1 Å². The van der Waals surface area contributed by atoms with Gasteiger partial charge in [0.2, 0.25) is 0 Å². The maximum absolute atomic E-state index is 4.61. The van der Waals surface area contributed by atoms with Gasteiger partial charge in [-0.3, -0.25) is 0 Å². The highest BCUT2D eigenvalue weighted by Gasteiger charge is 2.25. The van der Waals surface area contributed by atoms with Crippen LogP contribution in [0.25, 0.3) is 0 Å². The van der Waals surface area contributed by atoms with E-state index in [-0.39, 0.29) is 0 Å². The molecule has 14 heavy (non-hydrogen) atoms. The lowest BCUT2D eigenvalue weighted by atomic mass is 10.2. The number of nitrogens with zero attached hydrogens (tertiary/aromatic N) is 2. The zero-order valence-corrected chi connectivity index (χ0v) is 11.0. The Hall–Kier alpha value is -0.0900. The second-order valence-electron chi connectivity index (χ2n) is 3.78. The summed E-state index contributed by atoms with van der Waals surface area (Å²) in [5.74, 6) is 0. The van der Waals surface area contributed by atoms with Gasteiger partial charge in [-0.15, -0.1) is 11.3 Å². The third kappa shape index (κ3) is 1.82. The van der Waals surface area contributed by atoms with E-state index in [1.54, 1.807) is 0 Å². The molecule has 1 unspecified atom stereocenters. The Morgan fingerprint density at radius 1 is 1.57 bits per heavy atom. The molecule has 1 aliphatic rings. The molecule has 78 valence electrons. The first kappa shape index (κ1) is 10.4. The molecular formula is C10H15BrN2S. The predicted molar refractivity (Wildman–Crippen MR) is 65.8 cm³/mol. The molecule has 1 aliphatic heterocycles. The largest absolute Gasteiger partial charge is 0.344 e. The first-order chi connectivity index (χ1) is 6.72. The summed E-state index contributed by atoms with van der Waals surface area (Å²) < 4.78 is 0. The maximum atomic E-state index is 4.61. The van der Waals surface area contributed by atoms with Crippen LogP contribution in [0.5, 0.6) is 0 Å². The van der Waals surface area contributed by atoms with E-state index in [9.17, 15) is 0 Å². The van der Waals surface area contributed by atoms with Crippen molar-refractivity contribution in [2.45, 2.75) is 32.7 Å². The van der Waals surface area contributed by atoms with Crippen molar-refractivity contribution >= 4 is 32.4 Å². The summed E-state index contributed by atoms with van der Waals surface area (Å²) in [6.07, 6.45) is 2.59. The van der Waals surface area contributed by atoms with Crippen LogP contribution in [0.15, 0.2) is 0 Å². The molecule has 0 N–H and O–H groups in total. The van der Waals surface area contributed by atoms with E-state index in [4.69, 9.17) is 0 Å². The van der Waals surface area contributed by atoms with Crippen LogP contribution in [0.2, 0.25) is 0 Å². The average Bonchev–Trinajstić information content (AvgIpc) is 2.73. The molecule has 2 rings (SSSR count).